The minimum absolute atomic E-state index is 0.108. The lowest BCUT2D eigenvalue weighted by Gasteiger charge is -2.42. The average molecular weight is 710 g/mol. The van der Waals surface area contributed by atoms with Gasteiger partial charge >= 0.3 is 0 Å². The van der Waals surface area contributed by atoms with E-state index in [1.807, 2.05) is 0 Å². The SMILES string of the molecule is CN1C(c2ccc(-c3ccc(N4c5ccc(N(c6ccccc6)c6ccccc6)cc5C5C[N+](C)(C)CCC54)cc3)cc2)CCC2c3ccccc3OC21. The number of quaternary nitrogens is 1. The second-order valence-electron chi connectivity index (χ2n) is 16.5. The molecule has 0 aromatic heterocycles. The van der Waals surface area contributed by atoms with E-state index in [4.69, 9.17) is 4.74 Å². The van der Waals surface area contributed by atoms with Crippen molar-refractivity contribution in [2.75, 3.05) is 44.0 Å². The van der Waals surface area contributed by atoms with Crippen molar-refractivity contribution >= 4 is 28.4 Å². The molecule has 0 N–H and O–H groups in total. The van der Waals surface area contributed by atoms with Gasteiger partial charge in [-0.15, -0.1) is 0 Å². The molecule has 4 aliphatic heterocycles. The van der Waals surface area contributed by atoms with Crippen molar-refractivity contribution in [1.29, 1.82) is 0 Å². The van der Waals surface area contributed by atoms with Gasteiger partial charge in [-0.05, 0) is 103 Å². The summed E-state index contributed by atoms with van der Waals surface area (Å²) in [6, 6.07) is 56.7. The van der Waals surface area contributed by atoms with E-state index in [0.29, 0.717) is 23.9 Å². The molecule has 0 amide bonds. The van der Waals surface area contributed by atoms with Gasteiger partial charge in [0.1, 0.15) is 5.75 Å². The van der Waals surface area contributed by atoms with Gasteiger partial charge < -0.3 is 19.0 Å². The molecule has 5 nitrogen and oxygen atoms in total. The molecule has 0 spiro atoms. The summed E-state index contributed by atoms with van der Waals surface area (Å²) in [5.41, 5.74) is 12.9. The monoisotopic (exact) mass is 709 g/mol. The highest BCUT2D eigenvalue weighted by Crippen LogP contribution is 2.52. The molecular formula is C49H49N4O+. The minimum Gasteiger partial charge on any atom is -0.474 e. The third kappa shape index (κ3) is 5.69. The molecule has 0 saturated carbocycles. The summed E-state index contributed by atoms with van der Waals surface area (Å²) in [5, 5.41) is 0. The van der Waals surface area contributed by atoms with E-state index >= 15 is 0 Å². The third-order valence-electron chi connectivity index (χ3n) is 12.8. The van der Waals surface area contributed by atoms with E-state index in [1.165, 1.54) is 69.2 Å². The van der Waals surface area contributed by atoms with E-state index in [0.717, 1.165) is 29.6 Å². The predicted molar refractivity (Wildman–Crippen MR) is 221 cm³/mol. The first-order valence-electron chi connectivity index (χ1n) is 19.8. The van der Waals surface area contributed by atoms with Crippen molar-refractivity contribution in [3.05, 3.63) is 168 Å². The van der Waals surface area contributed by atoms with Gasteiger partial charge in [0.25, 0.3) is 0 Å². The van der Waals surface area contributed by atoms with Crippen LogP contribution in [0.3, 0.4) is 0 Å². The van der Waals surface area contributed by atoms with Crippen molar-refractivity contribution < 1.29 is 9.22 Å². The van der Waals surface area contributed by atoms with Crippen molar-refractivity contribution in [3.8, 4) is 16.9 Å². The van der Waals surface area contributed by atoms with Crippen molar-refractivity contribution in [3.63, 3.8) is 0 Å². The lowest BCUT2D eigenvalue weighted by molar-refractivity contribution is -0.896. The molecular weight excluding hydrogens is 661 g/mol. The zero-order valence-corrected chi connectivity index (χ0v) is 31.6. The second-order valence-corrected chi connectivity index (χ2v) is 16.5. The van der Waals surface area contributed by atoms with Gasteiger partial charge in [0, 0.05) is 52.4 Å². The van der Waals surface area contributed by atoms with Crippen LogP contribution in [0.2, 0.25) is 0 Å². The van der Waals surface area contributed by atoms with E-state index in [1.54, 1.807) is 0 Å². The van der Waals surface area contributed by atoms with Crippen LogP contribution in [0, 0.1) is 0 Å². The van der Waals surface area contributed by atoms with Crippen LogP contribution in [0.1, 0.15) is 53.8 Å². The summed E-state index contributed by atoms with van der Waals surface area (Å²) in [7, 11) is 7.03. The molecule has 5 heteroatoms. The lowest BCUT2D eigenvalue weighted by atomic mass is 9.85. The number of fused-ring (bicyclic) bond motifs is 6. The number of anilines is 5. The molecule has 10 rings (SSSR count). The van der Waals surface area contributed by atoms with Crippen LogP contribution in [0.25, 0.3) is 11.1 Å². The summed E-state index contributed by atoms with van der Waals surface area (Å²) in [4.78, 5) is 7.50. The van der Waals surface area contributed by atoms with Gasteiger partial charge in [-0.25, -0.2) is 0 Å². The zero-order chi connectivity index (χ0) is 36.4. The summed E-state index contributed by atoms with van der Waals surface area (Å²) < 4.78 is 7.51. The maximum atomic E-state index is 6.46. The first-order valence-corrected chi connectivity index (χ1v) is 19.8. The van der Waals surface area contributed by atoms with Crippen LogP contribution in [-0.2, 0) is 0 Å². The molecule has 6 aromatic rings. The summed E-state index contributed by atoms with van der Waals surface area (Å²) in [6.45, 7) is 2.31. The fourth-order valence-electron chi connectivity index (χ4n) is 10.1. The number of nitrogens with zero attached hydrogens (tertiary/aromatic N) is 4. The highest BCUT2D eigenvalue weighted by Gasteiger charge is 2.47. The number of hydrogen-bond donors (Lipinski definition) is 0. The van der Waals surface area contributed by atoms with Crippen LogP contribution >= 0.6 is 0 Å². The number of hydrogen-bond acceptors (Lipinski definition) is 4. The number of piperidine rings is 2. The summed E-state index contributed by atoms with van der Waals surface area (Å²) in [6.07, 6.45) is 3.56. The fraction of sp³-hybridized carbons (Fsp3) is 0.265. The third-order valence-corrected chi connectivity index (χ3v) is 12.8. The van der Waals surface area contributed by atoms with Crippen LogP contribution in [0.15, 0.2) is 152 Å². The molecule has 2 saturated heterocycles. The van der Waals surface area contributed by atoms with Crippen LogP contribution in [0.5, 0.6) is 5.75 Å². The van der Waals surface area contributed by atoms with Gasteiger partial charge in [-0.1, -0.05) is 91.0 Å². The molecule has 4 aliphatic rings. The molecule has 6 aromatic carbocycles. The molecule has 0 bridgehead atoms. The van der Waals surface area contributed by atoms with Gasteiger partial charge in [-0.2, -0.15) is 0 Å². The Kier molecular flexibility index (Phi) is 8.12. The molecule has 5 unspecified atom stereocenters. The molecule has 5 atom stereocenters. The molecule has 54 heavy (non-hydrogen) atoms. The Morgan fingerprint density at radius 1 is 0.611 bits per heavy atom. The second kappa shape index (κ2) is 13.2. The van der Waals surface area contributed by atoms with E-state index in [9.17, 15) is 0 Å². The Hall–Kier alpha value is -5.36. The van der Waals surface area contributed by atoms with Crippen LogP contribution in [-0.4, -0.2) is 55.9 Å². The van der Waals surface area contributed by atoms with Gasteiger partial charge in [0.05, 0.1) is 39.1 Å². The van der Waals surface area contributed by atoms with Crippen molar-refractivity contribution in [1.82, 2.24) is 4.90 Å². The minimum atomic E-state index is 0.108. The molecule has 0 radical (unpaired) electrons. The number of para-hydroxylation sites is 3. The summed E-state index contributed by atoms with van der Waals surface area (Å²) >= 11 is 0. The first-order chi connectivity index (χ1) is 26.4. The van der Waals surface area contributed by atoms with Crippen molar-refractivity contribution in [2.24, 2.45) is 0 Å². The number of rotatable bonds is 6. The Morgan fingerprint density at radius 3 is 1.96 bits per heavy atom. The van der Waals surface area contributed by atoms with E-state index in [-0.39, 0.29) is 6.23 Å². The standard InChI is InChI=1S/C49H49N4O/c1-50-45(29-27-42-41-16-10-11-17-48(41)54-49(42)50)36-20-18-34(19-21-36)35-22-24-39(25-23-35)52-46-28-26-40(32-43(46)44-33-53(2,3)31-30-47(44)52)51(37-12-6-4-7-13-37)38-14-8-5-9-15-38/h4-26,28,32,42,44-45,47,49H,27,29-31,33H2,1-3H3/q+1. The van der Waals surface area contributed by atoms with Gasteiger partial charge in [0.2, 0.25) is 0 Å². The largest absolute Gasteiger partial charge is 0.474 e. The number of benzene rings is 6. The average Bonchev–Trinajstić information content (AvgIpc) is 3.74. The Balaban J connectivity index is 0.927. The maximum Gasteiger partial charge on any atom is 0.159 e. The van der Waals surface area contributed by atoms with Crippen molar-refractivity contribution in [2.45, 2.75) is 49.4 Å². The molecule has 4 heterocycles. The van der Waals surface area contributed by atoms with Crippen LogP contribution < -0.4 is 14.5 Å². The molecule has 0 aliphatic carbocycles. The number of ether oxygens (including phenoxy) is 1. The summed E-state index contributed by atoms with van der Waals surface area (Å²) in [5.74, 6) is 1.97. The lowest BCUT2D eigenvalue weighted by Crippen LogP contribution is -2.52. The normalized spacial score (nSPS) is 23.8. The predicted octanol–water partition coefficient (Wildman–Crippen LogP) is 11.2. The Morgan fingerprint density at radius 2 is 1.26 bits per heavy atom. The van der Waals surface area contributed by atoms with E-state index in [2.05, 4.69) is 188 Å². The zero-order valence-electron chi connectivity index (χ0n) is 31.6. The number of likely N-dealkylation sites (N-methyl/N-ethyl adjacent to an activating group) is 2. The fourth-order valence-corrected chi connectivity index (χ4v) is 10.1. The van der Waals surface area contributed by atoms with Crippen LogP contribution in [0.4, 0.5) is 28.4 Å². The van der Waals surface area contributed by atoms with E-state index < -0.39 is 0 Å². The Labute approximate surface area is 320 Å². The molecule has 270 valence electrons. The highest BCUT2D eigenvalue weighted by atomic mass is 16.5. The highest BCUT2D eigenvalue weighted by molar-refractivity contribution is 5.82. The first kappa shape index (κ1) is 33.2. The quantitative estimate of drug-likeness (QED) is 0.160. The van der Waals surface area contributed by atoms with Gasteiger partial charge in [-0.3, -0.25) is 4.90 Å². The number of likely N-dealkylation sites (tertiary alicyclic amines) is 2. The Bertz CT molecular complexity index is 2230. The van der Waals surface area contributed by atoms with Gasteiger partial charge in [0.15, 0.2) is 6.23 Å². The topological polar surface area (TPSA) is 19.0 Å². The maximum absolute atomic E-state index is 6.46. The smallest absolute Gasteiger partial charge is 0.159 e. The molecule has 2 fully saturated rings.